The molecule has 4 nitrogen and oxygen atoms in total. The number of halogens is 2. The van der Waals surface area contributed by atoms with Crippen molar-refractivity contribution in [3.05, 3.63) is 64.7 Å². The maximum Gasteiger partial charge on any atom is 0.277 e. The molecule has 0 bridgehead atoms. The largest absolute Gasteiger partial charge is 0.338 e. The van der Waals surface area contributed by atoms with Gasteiger partial charge in [-0.05, 0) is 50.1 Å². The Balaban J connectivity index is 1.29. The maximum atomic E-state index is 13.4. The Labute approximate surface area is 172 Å². The molecular weight excluding hydrogens is 392 g/mol. The minimum Gasteiger partial charge on any atom is -0.338 e. The van der Waals surface area contributed by atoms with Gasteiger partial charge in [-0.2, -0.15) is 0 Å². The van der Waals surface area contributed by atoms with Crippen molar-refractivity contribution in [2.45, 2.75) is 31.7 Å². The van der Waals surface area contributed by atoms with Crippen molar-refractivity contribution in [2.75, 3.05) is 19.6 Å². The maximum absolute atomic E-state index is 13.4. The summed E-state index contributed by atoms with van der Waals surface area (Å²) in [7, 11) is 0. The lowest BCUT2D eigenvalue weighted by Gasteiger charge is -2.30. The number of para-hydroxylation sites is 1. The molecule has 0 spiro atoms. The van der Waals surface area contributed by atoms with Crippen LogP contribution in [-0.4, -0.2) is 35.4 Å². The molecule has 4 rings (SSSR count). The predicted molar refractivity (Wildman–Crippen MR) is 110 cm³/mol. The molecule has 0 saturated carbocycles. The Kier molecular flexibility index (Phi) is 5.87. The molecule has 1 fully saturated rings. The van der Waals surface area contributed by atoms with Gasteiger partial charge in [0.25, 0.3) is 5.91 Å². The Morgan fingerprint density at radius 2 is 1.97 bits per heavy atom. The average Bonchev–Trinajstić information content (AvgIpc) is 3.18. The van der Waals surface area contributed by atoms with E-state index in [4.69, 9.17) is 4.98 Å². The molecule has 1 aliphatic heterocycles. The van der Waals surface area contributed by atoms with Crippen LogP contribution in [0.5, 0.6) is 0 Å². The van der Waals surface area contributed by atoms with E-state index >= 15 is 0 Å². The summed E-state index contributed by atoms with van der Waals surface area (Å²) in [5.41, 5.74) is 1.72. The molecular formula is C22H24F2N3OS+. The Morgan fingerprint density at radius 1 is 1.21 bits per heavy atom. The molecule has 0 aliphatic carbocycles. The summed E-state index contributed by atoms with van der Waals surface area (Å²) in [6.45, 7) is 3.64. The number of carbonyl (C=O) groups excluding carboxylic acids is 1. The second kappa shape index (κ2) is 8.55. The number of likely N-dealkylation sites (tertiary alicyclic amines) is 1. The van der Waals surface area contributed by atoms with E-state index < -0.39 is 11.6 Å². The summed E-state index contributed by atoms with van der Waals surface area (Å²) in [4.78, 5) is 19.3. The van der Waals surface area contributed by atoms with E-state index in [1.54, 1.807) is 17.4 Å². The van der Waals surface area contributed by atoms with E-state index in [1.807, 2.05) is 35.3 Å². The van der Waals surface area contributed by atoms with E-state index in [1.165, 1.54) is 10.8 Å². The van der Waals surface area contributed by atoms with Crippen molar-refractivity contribution in [3.63, 3.8) is 0 Å². The zero-order valence-electron chi connectivity index (χ0n) is 16.3. The van der Waals surface area contributed by atoms with Crippen LogP contribution in [-0.2, 0) is 4.79 Å². The molecule has 0 radical (unpaired) electrons. The standard InChI is InChI=1S/C22H23F2N3OS/c1-14(16-6-7-17(23)18(24)12-16)25-13-21(28)27-10-8-15(9-11-27)22-26-19-4-2-3-5-20(19)29-22/h2-7,12,14-15,25H,8-11,13H2,1H3/p+1/t14-/m0/s1. The third-order valence-electron chi connectivity index (χ3n) is 5.62. The number of nitrogens with two attached hydrogens (primary N) is 1. The molecule has 29 heavy (non-hydrogen) atoms. The fourth-order valence-corrected chi connectivity index (χ4v) is 4.92. The average molecular weight is 417 g/mol. The van der Waals surface area contributed by atoms with Gasteiger partial charge in [-0.1, -0.05) is 12.1 Å². The van der Waals surface area contributed by atoms with Gasteiger partial charge >= 0.3 is 0 Å². The fraction of sp³-hybridized carbons (Fsp3) is 0.364. The molecule has 0 unspecified atom stereocenters. The molecule has 7 heteroatoms. The van der Waals surface area contributed by atoms with Crippen molar-refractivity contribution in [1.29, 1.82) is 0 Å². The van der Waals surface area contributed by atoms with Crippen LogP contribution in [0, 0.1) is 11.6 Å². The number of nitrogens with zero attached hydrogens (tertiary/aromatic N) is 2. The Bertz CT molecular complexity index is 981. The molecule has 1 amide bonds. The Hall–Kier alpha value is -2.38. The highest BCUT2D eigenvalue weighted by Gasteiger charge is 2.27. The number of quaternary nitrogens is 1. The third kappa shape index (κ3) is 4.46. The second-order valence-corrected chi connectivity index (χ2v) is 8.64. The van der Waals surface area contributed by atoms with Crippen LogP contribution in [0.15, 0.2) is 42.5 Å². The summed E-state index contributed by atoms with van der Waals surface area (Å²) in [5, 5.41) is 3.03. The van der Waals surface area contributed by atoms with Crippen molar-refractivity contribution in [3.8, 4) is 0 Å². The summed E-state index contributed by atoms with van der Waals surface area (Å²) in [6.07, 6.45) is 1.84. The molecule has 1 aromatic heterocycles. The van der Waals surface area contributed by atoms with E-state index in [2.05, 4.69) is 6.07 Å². The molecule has 1 aliphatic rings. The van der Waals surface area contributed by atoms with Gasteiger partial charge in [-0.3, -0.25) is 4.79 Å². The summed E-state index contributed by atoms with van der Waals surface area (Å²) in [6, 6.07) is 11.9. The number of hydrogen-bond acceptors (Lipinski definition) is 3. The molecule has 2 N–H and O–H groups in total. The number of hydrogen-bond donors (Lipinski definition) is 1. The smallest absolute Gasteiger partial charge is 0.277 e. The van der Waals surface area contributed by atoms with E-state index in [9.17, 15) is 13.6 Å². The van der Waals surface area contributed by atoms with Crippen molar-refractivity contribution >= 4 is 27.5 Å². The highest BCUT2D eigenvalue weighted by molar-refractivity contribution is 7.18. The van der Waals surface area contributed by atoms with Crippen LogP contribution >= 0.6 is 11.3 Å². The van der Waals surface area contributed by atoms with Crippen LogP contribution in [0.4, 0.5) is 8.78 Å². The van der Waals surface area contributed by atoms with Gasteiger partial charge in [0, 0.05) is 24.6 Å². The lowest BCUT2D eigenvalue weighted by molar-refractivity contribution is -0.683. The molecule has 1 saturated heterocycles. The molecule has 152 valence electrons. The minimum absolute atomic E-state index is 0.0854. The van der Waals surface area contributed by atoms with Gasteiger partial charge in [-0.15, -0.1) is 11.3 Å². The van der Waals surface area contributed by atoms with E-state index in [0.717, 1.165) is 42.5 Å². The number of carbonyl (C=O) groups is 1. The number of thiazole rings is 1. The van der Waals surface area contributed by atoms with Gasteiger partial charge in [0.2, 0.25) is 0 Å². The summed E-state index contributed by atoms with van der Waals surface area (Å²) < 4.78 is 27.7. The first kappa shape index (κ1) is 19.9. The van der Waals surface area contributed by atoms with Crippen LogP contribution < -0.4 is 5.32 Å². The monoisotopic (exact) mass is 416 g/mol. The van der Waals surface area contributed by atoms with Crippen LogP contribution in [0.3, 0.4) is 0 Å². The van der Waals surface area contributed by atoms with E-state index in [0.29, 0.717) is 18.0 Å². The van der Waals surface area contributed by atoms with Crippen LogP contribution in [0.25, 0.3) is 10.2 Å². The lowest BCUT2D eigenvalue weighted by atomic mass is 9.97. The lowest BCUT2D eigenvalue weighted by Crippen LogP contribution is -2.87. The fourth-order valence-electron chi connectivity index (χ4n) is 3.78. The Morgan fingerprint density at radius 3 is 2.69 bits per heavy atom. The zero-order chi connectivity index (χ0) is 20.4. The number of rotatable bonds is 5. The van der Waals surface area contributed by atoms with Gasteiger partial charge < -0.3 is 10.2 Å². The van der Waals surface area contributed by atoms with Gasteiger partial charge in [0.05, 0.1) is 15.2 Å². The number of piperidine rings is 1. The first-order chi connectivity index (χ1) is 14.0. The van der Waals surface area contributed by atoms with Crippen LogP contribution in [0.2, 0.25) is 0 Å². The van der Waals surface area contributed by atoms with Crippen molar-refractivity contribution < 1.29 is 18.9 Å². The predicted octanol–water partition coefficient (Wildman–Crippen LogP) is 3.61. The first-order valence-electron chi connectivity index (χ1n) is 9.93. The number of benzene rings is 2. The summed E-state index contributed by atoms with van der Waals surface area (Å²) >= 11 is 1.75. The SMILES string of the molecule is C[C@H]([NH2+]CC(=O)N1CCC(c2nc3ccccc3s2)CC1)c1ccc(F)c(F)c1. The highest BCUT2D eigenvalue weighted by atomic mass is 32.1. The van der Waals surface area contributed by atoms with Crippen molar-refractivity contribution in [1.82, 2.24) is 9.88 Å². The second-order valence-electron chi connectivity index (χ2n) is 7.58. The van der Waals surface area contributed by atoms with Gasteiger partial charge in [-0.25, -0.2) is 13.8 Å². The molecule has 3 aromatic rings. The number of fused-ring (bicyclic) bond motifs is 1. The third-order valence-corrected chi connectivity index (χ3v) is 6.82. The van der Waals surface area contributed by atoms with Crippen molar-refractivity contribution in [2.24, 2.45) is 0 Å². The number of amides is 1. The topological polar surface area (TPSA) is 49.8 Å². The minimum atomic E-state index is -0.856. The molecule has 2 heterocycles. The zero-order valence-corrected chi connectivity index (χ0v) is 17.1. The summed E-state index contributed by atoms with van der Waals surface area (Å²) in [5.74, 6) is -1.22. The highest BCUT2D eigenvalue weighted by Crippen LogP contribution is 2.33. The molecule has 1 atom stereocenters. The van der Waals surface area contributed by atoms with Crippen LogP contribution in [0.1, 0.15) is 42.3 Å². The quantitative estimate of drug-likeness (QED) is 0.691. The molecule has 2 aromatic carbocycles. The van der Waals surface area contributed by atoms with E-state index in [-0.39, 0.29) is 11.9 Å². The normalized spacial score (nSPS) is 16.3. The number of aromatic nitrogens is 1. The van der Waals surface area contributed by atoms with Gasteiger partial charge in [0.15, 0.2) is 18.2 Å². The first-order valence-corrected chi connectivity index (χ1v) is 10.7. The van der Waals surface area contributed by atoms with Gasteiger partial charge in [0.1, 0.15) is 6.04 Å².